The van der Waals surface area contributed by atoms with Gasteiger partial charge in [-0.25, -0.2) is 9.97 Å². The van der Waals surface area contributed by atoms with Crippen LogP contribution in [0.15, 0.2) is 304 Å². The Kier molecular flexibility index (Phi) is 9.75. The lowest BCUT2D eigenvalue weighted by molar-refractivity contribution is 0.748. The van der Waals surface area contributed by atoms with E-state index < -0.39 is 10.8 Å². The second kappa shape index (κ2) is 18.2. The summed E-state index contributed by atoms with van der Waals surface area (Å²) >= 11 is 0. The van der Waals surface area contributed by atoms with Crippen molar-refractivity contribution >= 4 is 76.3 Å². The van der Waals surface area contributed by atoms with Crippen molar-refractivity contribution in [2.45, 2.75) is 10.8 Å². The summed E-state index contributed by atoms with van der Waals surface area (Å²) in [6, 6.07) is 108. The van der Waals surface area contributed by atoms with E-state index in [9.17, 15) is 0 Å². The maximum atomic E-state index is 5.60. The molecule has 4 aliphatic rings. The number of para-hydroxylation sites is 5. The normalized spacial score (nSPS) is 14.9. The van der Waals surface area contributed by atoms with E-state index in [1.807, 2.05) is 18.5 Å². The lowest BCUT2D eigenvalue weighted by atomic mass is 9.65. The van der Waals surface area contributed by atoms with E-state index in [1.165, 1.54) is 122 Å². The van der Waals surface area contributed by atoms with Gasteiger partial charge in [-0.3, -0.25) is 9.97 Å². The van der Waals surface area contributed by atoms with Crippen molar-refractivity contribution in [1.82, 2.24) is 29.1 Å². The number of aromatic nitrogens is 6. The summed E-state index contributed by atoms with van der Waals surface area (Å²) < 4.78 is 5.06. The third-order valence-electron chi connectivity index (χ3n) is 21.6. The van der Waals surface area contributed by atoms with Crippen LogP contribution >= 0.6 is 0 Å². The maximum absolute atomic E-state index is 5.60. The smallest absolute Gasteiger partial charge is 0.160 e. The molecular formula is C88H50N6. The van der Waals surface area contributed by atoms with Crippen LogP contribution in [0.4, 0.5) is 0 Å². The van der Waals surface area contributed by atoms with Crippen LogP contribution in [0, 0.1) is 0 Å². The number of fused-ring (bicyclic) bond motifs is 28. The fraction of sp³-hybridized carbons (Fsp3) is 0.0227. The highest BCUT2D eigenvalue weighted by Crippen LogP contribution is 2.64. The van der Waals surface area contributed by atoms with Crippen molar-refractivity contribution in [2.75, 3.05) is 0 Å². The predicted octanol–water partition coefficient (Wildman–Crippen LogP) is 20.9. The third kappa shape index (κ3) is 6.29. The van der Waals surface area contributed by atoms with E-state index in [1.54, 1.807) is 0 Å². The Balaban J connectivity index is 0.704. The summed E-state index contributed by atoms with van der Waals surface area (Å²) in [6.07, 6.45) is 3.87. The number of pyridine rings is 2. The summed E-state index contributed by atoms with van der Waals surface area (Å²) in [5.74, 6) is 0.686. The quantitative estimate of drug-likeness (QED) is 0.165. The first-order valence-corrected chi connectivity index (χ1v) is 32.4. The average molecular weight is 1190 g/mol. The molecule has 0 saturated heterocycles. The molecule has 1 atom stereocenters. The molecule has 94 heavy (non-hydrogen) atoms. The molecule has 6 nitrogen and oxygen atoms in total. The summed E-state index contributed by atoms with van der Waals surface area (Å²) in [7, 11) is 0. The van der Waals surface area contributed by atoms with Gasteiger partial charge in [-0.1, -0.05) is 231 Å². The highest BCUT2D eigenvalue weighted by atomic mass is 15.0. The van der Waals surface area contributed by atoms with Gasteiger partial charge < -0.3 is 9.13 Å². The van der Waals surface area contributed by atoms with E-state index >= 15 is 0 Å². The molecule has 432 valence electrons. The third-order valence-corrected chi connectivity index (χ3v) is 21.6. The molecule has 0 saturated carbocycles. The minimum Gasteiger partial charge on any atom is -0.309 e. The van der Waals surface area contributed by atoms with Crippen LogP contribution in [0.3, 0.4) is 0 Å². The second-order valence-corrected chi connectivity index (χ2v) is 25.9. The Morgan fingerprint density at radius 2 is 0.830 bits per heavy atom. The van der Waals surface area contributed by atoms with Gasteiger partial charge in [0.15, 0.2) is 5.82 Å². The summed E-state index contributed by atoms with van der Waals surface area (Å²) in [5, 5.41) is 8.14. The van der Waals surface area contributed by atoms with Crippen molar-refractivity contribution in [2.24, 2.45) is 0 Å². The molecule has 0 bridgehead atoms. The predicted molar refractivity (Wildman–Crippen MR) is 382 cm³/mol. The molecule has 0 fully saturated rings. The molecule has 1 unspecified atom stereocenters. The number of nitrogens with zero attached hydrogens (tertiary/aromatic N) is 6. The van der Waals surface area contributed by atoms with Crippen LogP contribution in [0.1, 0.15) is 44.5 Å². The van der Waals surface area contributed by atoms with Gasteiger partial charge in [-0.15, -0.1) is 0 Å². The molecule has 2 aliphatic heterocycles. The van der Waals surface area contributed by atoms with Gasteiger partial charge in [0.2, 0.25) is 0 Å². The number of benzene rings is 13. The minimum absolute atomic E-state index is 0.543. The number of hydrogen-bond acceptors (Lipinski definition) is 4. The molecule has 0 N–H and O–H groups in total. The molecule has 0 amide bonds. The molecule has 22 rings (SSSR count). The molecule has 7 heterocycles. The minimum atomic E-state index is -0.641. The van der Waals surface area contributed by atoms with Crippen molar-refractivity contribution < 1.29 is 0 Å². The van der Waals surface area contributed by atoms with Crippen LogP contribution in [0.2, 0.25) is 0 Å². The van der Waals surface area contributed by atoms with Gasteiger partial charge in [0.05, 0.1) is 66.5 Å². The van der Waals surface area contributed by atoms with Crippen molar-refractivity contribution in [3.8, 4) is 78.5 Å². The Labute approximate surface area is 539 Å². The molecule has 18 aromatic rings. The Morgan fingerprint density at radius 3 is 1.62 bits per heavy atom. The molecule has 2 aliphatic carbocycles. The van der Waals surface area contributed by atoms with Gasteiger partial charge in [-0.05, 0) is 144 Å². The van der Waals surface area contributed by atoms with Gasteiger partial charge in [0, 0.05) is 66.8 Å². The molecule has 5 aromatic heterocycles. The molecule has 2 spiro atoms. The van der Waals surface area contributed by atoms with E-state index in [-0.39, 0.29) is 0 Å². The number of hydrogen-bond donors (Lipinski definition) is 0. The zero-order valence-electron chi connectivity index (χ0n) is 50.6. The van der Waals surface area contributed by atoms with Gasteiger partial charge in [0.25, 0.3) is 0 Å². The molecule has 0 radical (unpaired) electrons. The van der Waals surface area contributed by atoms with Crippen molar-refractivity contribution in [3.05, 3.63) is 348 Å². The Morgan fingerprint density at radius 1 is 0.277 bits per heavy atom. The molecule has 6 heteroatoms. The monoisotopic (exact) mass is 1190 g/mol. The summed E-state index contributed by atoms with van der Waals surface area (Å²) in [6.45, 7) is 0. The van der Waals surface area contributed by atoms with Gasteiger partial charge in [0.1, 0.15) is 0 Å². The highest BCUT2D eigenvalue weighted by Gasteiger charge is 2.53. The lowest BCUT2D eigenvalue weighted by Gasteiger charge is -2.40. The van der Waals surface area contributed by atoms with E-state index in [0.29, 0.717) is 5.82 Å². The first kappa shape index (κ1) is 50.4. The fourth-order valence-electron chi connectivity index (χ4n) is 17.8. The van der Waals surface area contributed by atoms with Crippen LogP contribution < -0.4 is 0 Å². The maximum Gasteiger partial charge on any atom is 0.160 e. The van der Waals surface area contributed by atoms with Crippen LogP contribution in [-0.4, -0.2) is 29.1 Å². The van der Waals surface area contributed by atoms with E-state index in [2.05, 4.69) is 294 Å². The van der Waals surface area contributed by atoms with E-state index in [4.69, 9.17) is 19.9 Å². The van der Waals surface area contributed by atoms with Crippen LogP contribution in [0.25, 0.3) is 155 Å². The van der Waals surface area contributed by atoms with Crippen molar-refractivity contribution in [1.29, 1.82) is 0 Å². The summed E-state index contributed by atoms with van der Waals surface area (Å²) in [4.78, 5) is 20.8. The molecule has 13 aromatic carbocycles. The standard InChI is InChI=1S/C88H50N6/c1-7-25-68-59(18-1)60-19-2-8-26-69(60)88(68)73-43-40-54(58-45-55-39-36-52-17-16-44-89-82(52)83(55)90-50-58)49-80(73)94-78-32-13-6-22-63(78)67-47-57(48-75(88)85(67)94)51-34-37-53(38-35-51)86-91-76-30-11-4-23-65(76)81(92-86)56-41-42-71-66(46-56)61-20-3-9-27-70(61)87(71)72-28-10-14-33-79(72)93-77-31-12-5-21-62(77)64-24-15-29-74(87)84(64)93/h1-50H. The highest BCUT2D eigenvalue weighted by molar-refractivity contribution is 6.16. The largest absolute Gasteiger partial charge is 0.309 e. The SMILES string of the molecule is c1ccc2c(c1)-c1cc(-c3nc(-c4ccc(-c5cc6c7c(c5)c5ccccc5n7-c5cc(-c7cnc8c(ccc9cccnc98)c7)ccc5C65c6ccccc6-c6ccccc65)cc4)nc4ccccc34)ccc1C21c2ccccc2-n2c3ccccc3c3cccc1c32. The molecular weight excluding hydrogens is 1140 g/mol. The lowest BCUT2D eigenvalue weighted by Crippen LogP contribution is -2.33. The van der Waals surface area contributed by atoms with Gasteiger partial charge >= 0.3 is 0 Å². The summed E-state index contributed by atoms with van der Waals surface area (Å²) in [5.41, 5.74) is 31.5. The Bertz CT molecular complexity index is 6400. The van der Waals surface area contributed by atoms with Crippen LogP contribution in [-0.2, 0) is 10.8 Å². The topological polar surface area (TPSA) is 61.4 Å². The Hall–Kier alpha value is -12.4. The van der Waals surface area contributed by atoms with E-state index in [0.717, 1.165) is 71.8 Å². The first-order chi connectivity index (χ1) is 46.6. The zero-order valence-corrected chi connectivity index (χ0v) is 50.6. The first-order valence-electron chi connectivity index (χ1n) is 32.4. The van der Waals surface area contributed by atoms with Crippen LogP contribution in [0.5, 0.6) is 0 Å². The average Bonchev–Trinajstić information content (AvgIpc) is 1.49. The number of rotatable bonds is 4. The fourth-order valence-corrected chi connectivity index (χ4v) is 17.8. The van der Waals surface area contributed by atoms with Crippen molar-refractivity contribution in [3.63, 3.8) is 0 Å². The van der Waals surface area contributed by atoms with Gasteiger partial charge in [-0.2, -0.15) is 0 Å². The zero-order chi connectivity index (χ0) is 61.1. The second-order valence-electron chi connectivity index (χ2n) is 25.9.